The molecule has 0 fully saturated rings. The van der Waals surface area contributed by atoms with Gasteiger partial charge >= 0.3 is 0 Å². The zero-order valence-electron chi connectivity index (χ0n) is 9.91. The normalized spacial score (nSPS) is 12.4. The molecule has 3 N–H and O–H groups in total. The Morgan fingerprint density at radius 3 is 2.32 bits per heavy atom. The maximum Gasteiger partial charge on any atom is 0.129 e. The number of halogens is 3. The van der Waals surface area contributed by atoms with E-state index in [0.29, 0.717) is 21.6 Å². The smallest absolute Gasteiger partial charge is 0.129 e. The van der Waals surface area contributed by atoms with Crippen LogP contribution in [0.4, 0.5) is 0 Å². The summed E-state index contributed by atoms with van der Waals surface area (Å²) in [7, 11) is 0. The summed E-state index contributed by atoms with van der Waals surface area (Å²) < 4.78 is 0. The van der Waals surface area contributed by atoms with E-state index in [1.54, 1.807) is 24.4 Å². The first kappa shape index (κ1) is 14.6. The van der Waals surface area contributed by atoms with Crippen molar-refractivity contribution in [1.29, 1.82) is 0 Å². The van der Waals surface area contributed by atoms with Gasteiger partial charge in [-0.15, -0.1) is 0 Å². The Labute approximate surface area is 126 Å². The van der Waals surface area contributed by atoms with E-state index in [1.807, 2.05) is 12.1 Å². The molecule has 0 aliphatic heterocycles. The summed E-state index contributed by atoms with van der Waals surface area (Å²) in [5.41, 5.74) is 4.51. The molecule has 1 aromatic carbocycles. The number of pyridine rings is 1. The van der Waals surface area contributed by atoms with Crippen molar-refractivity contribution in [3.05, 3.63) is 62.9 Å². The summed E-state index contributed by atoms with van der Waals surface area (Å²) in [6, 6.07) is 8.86. The molecule has 1 atom stereocenters. The lowest BCUT2D eigenvalue weighted by Gasteiger charge is -2.17. The highest BCUT2D eigenvalue weighted by molar-refractivity contribution is 6.36. The lowest BCUT2D eigenvalue weighted by atomic mass is 10.0. The van der Waals surface area contributed by atoms with Gasteiger partial charge in [-0.3, -0.25) is 11.3 Å². The van der Waals surface area contributed by atoms with Gasteiger partial charge < -0.3 is 0 Å². The highest BCUT2D eigenvalue weighted by atomic mass is 35.5. The van der Waals surface area contributed by atoms with Crippen molar-refractivity contribution in [3.8, 4) is 0 Å². The van der Waals surface area contributed by atoms with Crippen molar-refractivity contribution in [2.24, 2.45) is 5.84 Å². The molecule has 1 heterocycles. The summed E-state index contributed by atoms with van der Waals surface area (Å²) in [5.74, 6) is 5.59. The van der Waals surface area contributed by atoms with E-state index in [2.05, 4.69) is 10.4 Å². The van der Waals surface area contributed by atoms with Gasteiger partial charge in [0.05, 0.1) is 6.04 Å². The molecule has 1 unspecified atom stereocenters. The van der Waals surface area contributed by atoms with E-state index in [1.165, 1.54) is 0 Å². The van der Waals surface area contributed by atoms with Crippen LogP contribution in [0, 0.1) is 0 Å². The molecule has 2 rings (SSSR count). The van der Waals surface area contributed by atoms with Crippen molar-refractivity contribution in [2.45, 2.75) is 12.5 Å². The number of hydrazine groups is 1. The average Bonchev–Trinajstić information content (AvgIpc) is 2.40. The number of benzene rings is 1. The Bertz CT molecular complexity index is 537. The predicted molar refractivity (Wildman–Crippen MR) is 79.5 cm³/mol. The maximum absolute atomic E-state index is 6.15. The fraction of sp³-hybridized carbons (Fsp3) is 0.154. The monoisotopic (exact) mass is 315 g/mol. The van der Waals surface area contributed by atoms with Crippen LogP contribution >= 0.6 is 34.8 Å². The third-order valence-corrected chi connectivity index (χ3v) is 3.76. The van der Waals surface area contributed by atoms with E-state index >= 15 is 0 Å². The minimum Gasteiger partial charge on any atom is -0.271 e. The Morgan fingerprint density at radius 1 is 1.11 bits per heavy atom. The molecule has 0 bridgehead atoms. The zero-order chi connectivity index (χ0) is 13.8. The minimum atomic E-state index is -0.137. The molecule has 0 spiro atoms. The summed E-state index contributed by atoms with van der Waals surface area (Å²) in [4.78, 5) is 4.04. The van der Waals surface area contributed by atoms with Gasteiger partial charge in [-0.2, -0.15) is 0 Å². The topological polar surface area (TPSA) is 50.9 Å². The molecular weight excluding hydrogens is 305 g/mol. The summed E-state index contributed by atoms with van der Waals surface area (Å²) in [5, 5.41) is 1.68. The van der Waals surface area contributed by atoms with Crippen molar-refractivity contribution in [3.63, 3.8) is 0 Å². The van der Waals surface area contributed by atoms with E-state index in [-0.39, 0.29) is 6.04 Å². The summed E-state index contributed by atoms with van der Waals surface area (Å²) >= 11 is 18.1. The van der Waals surface area contributed by atoms with Crippen LogP contribution in [-0.4, -0.2) is 4.98 Å². The SMILES string of the molecule is NNC(Cc1c(Cl)cccc1Cl)c1ccc(Cl)nc1. The molecular formula is C13H12Cl3N3. The van der Waals surface area contributed by atoms with Crippen molar-refractivity contribution in [2.75, 3.05) is 0 Å². The lowest BCUT2D eigenvalue weighted by Crippen LogP contribution is -2.29. The summed E-state index contributed by atoms with van der Waals surface area (Å²) in [6.07, 6.45) is 2.25. The molecule has 0 aliphatic rings. The third kappa shape index (κ3) is 3.59. The molecule has 6 heteroatoms. The van der Waals surface area contributed by atoms with Gasteiger partial charge in [0.1, 0.15) is 5.15 Å². The van der Waals surface area contributed by atoms with E-state index < -0.39 is 0 Å². The number of rotatable bonds is 4. The second-order valence-corrected chi connectivity index (χ2v) is 5.24. The fourth-order valence-corrected chi connectivity index (χ4v) is 2.46. The molecule has 0 saturated carbocycles. The zero-order valence-corrected chi connectivity index (χ0v) is 12.2. The number of hydrogen-bond acceptors (Lipinski definition) is 3. The molecule has 1 aromatic heterocycles. The van der Waals surface area contributed by atoms with Gasteiger partial charge in [0.15, 0.2) is 0 Å². The summed E-state index contributed by atoms with van der Waals surface area (Å²) in [6.45, 7) is 0. The Kier molecular flexibility index (Phi) is 5.02. The van der Waals surface area contributed by atoms with Gasteiger partial charge in [0.2, 0.25) is 0 Å². The van der Waals surface area contributed by atoms with E-state index in [0.717, 1.165) is 11.1 Å². The van der Waals surface area contributed by atoms with Crippen molar-refractivity contribution in [1.82, 2.24) is 10.4 Å². The molecule has 0 radical (unpaired) electrons. The average molecular weight is 317 g/mol. The Hall–Kier alpha value is -0.840. The molecule has 100 valence electrons. The van der Waals surface area contributed by atoms with Crippen molar-refractivity contribution >= 4 is 34.8 Å². The van der Waals surface area contributed by atoms with Crippen LogP contribution in [-0.2, 0) is 6.42 Å². The molecule has 0 saturated heterocycles. The largest absolute Gasteiger partial charge is 0.271 e. The lowest BCUT2D eigenvalue weighted by molar-refractivity contribution is 0.550. The van der Waals surface area contributed by atoms with Crippen LogP contribution in [0.15, 0.2) is 36.5 Å². The Balaban J connectivity index is 2.26. The van der Waals surface area contributed by atoms with Crippen LogP contribution in [0.2, 0.25) is 15.2 Å². The maximum atomic E-state index is 6.15. The van der Waals surface area contributed by atoms with E-state index in [9.17, 15) is 0 Å². The van der Waals surface area contributed by atoms with Gasteiger partial charge in [0.25, 0.3) is 0 Å². The molecule has 0 amide bonds. The second-order valence-electron chi connectivity index (χ2n) is 4.04. The minimum absolute atomic E-state index is 0.137. The predicted octanol–water partition coefficient (Wildman–Crippen LogP) is 3.79. The van der Waals surface area contributed by atoms with Crippen molar-refractivity contribution < 1.29 is 0 Å². The van der Waals surface area contributed by atoms with Crippen LogP contribution in [0.3, 0.4) is 0 Å². The quantitative estimate of drug-likeness (QED) is 0.512. The number of nitrogens with two attached hydrogens (primary N) is 1. The van der Waals surface area contributed by atoms with E-state index in [4.69, 9.17) is 40.6 Å². The van der Waals surface area contributed by atoms with Gasteiger partial charge in [-0.1, -0.05) is 46.9 Å². The molecule has 19 heavy (non-hydrogen) atoms. The standard InChI is InChI=1S/C13H12Cl3N3/c14-10-2-1-3-11(15)9(10)6-12(19-17)8-4-5-13(16)18-7-8/h1-5,7,12,19H,6,17H2. The van der Waals surface area contributed by atoms with Gasteiger partial charge in [0, 0.05) is 16.2 Å². The first-order valence-electron chi connectivity index (χ1n) is 5.62. The van der Waals surface area contributed by atoms with Gasteiger partial charge in [-0.05, 0) is 35.7 Å². The first-order chi connectivity index (χ1) is 9.11. The van der Waals surface area contributed by atoms with Crippen LogP contribution in [0.5, 0.6) is 0 Å². The van der Waals surface area contributed by atoms with Crippen LogP contribution in [0.25, 0.3) is 0 Å². The highest BCUT2D eigenvalue weighted by Gasteiger charge is 2.15. The second kappa shape index (κ2) is 6.55. The number of nitrogens with zero attached hydrogens (tertiary/aromatic N) is 1. The molecule has 2 aromatic rings. The van der Waals surface area contributed by atoms with Gasteiger partial charge in [-0.25, -0.2) is 4.98 Å². The third-order valence-electron chi connectivity index (χ3n) is 2.82. The number of hydrogen-bond donors (Lipinski definition) is 2. The Morgan fingerprint density at radius 2 is 1.79 bits per heavy atom. The van der Waals surface area contributed by atoms with Crippen LogP contribution in [0.1, 0.15) is 17.2 Å². The molecule has 0 aliphatic carbocycles. The molecule has 3 nitrogen and oxygen atoms in total. The number of nitrogens with one attached hydrogen (secondary N) is 1. The first-order valence-corrected chi connectivity index (χ1v) is 6.75. The fourth-order valence-electron chi connectivity index (χ4n) is 1.80. The highest BCUT2D eigenvalue weighted by Crippen LogP contribution is 2.29. The number of aromatic nitrogens is 1. The van der Waals surface area contributed by atoms with Crippen LogP contribution < -0.4 is 11.3 Å².